The topological polar surface area (TPSA) is 102 Å². The highest BCUT2D eigenvalue weighted by molar-refractivity contribution is 7.89. The molecular weight excluding hydrogens is 496 g/mol. The number of nitrogens with zero attached hydrogens (tertiary/aromatic N) is 2. The minimum absolute atomic E-state index is 0.111. The maximum Gasteiger partial charge on any atom is 0.320 e. The van der Waals surface area contributed by atoms with E-state index in [2.05, 4.69) is 32.8 Å². The molecule has 2 unspecified atom stereocenters. The minimum atomic E-state index is -3.77. The van der Waals surface area contributed by atoms with Gasteiger partial charge in [0, 0.05) is 30.1 Å². The molecule has 1 aromatic carbocycles. The number of esters is 2. The van der Waals surface area contributed by atoms with Gasteiger partial charge >= 0.3 is 11.9 Å². The van der Waals surface area contributed by atoms with Gasteiger partial charge < -0.3 is 9.47 Å². The predicted octanol–water partition coefficient (Wildman–Crippen LogP) is 3.56. The normalized spacial score (nSPS) is 24.2. The molecule has 2 aliphatic rings. The zero-order chi connectivity index (χ0) is 27.6. The Balaban J connectivity index is 1.87. The highest BCUT2D eigenvalue weighted by Crippen LogP contribution is 2.40. The zero-order valence-electron chi connectivity index (χ0n) is 23.2. The Morgan fingerprint density at radius 3 is 1.97 bits per heavy atom. The molecule has 2 saturated heterocycles. The van der Waals surface area contributed by atoms with E-state index in [1.54, 1.807) is 24.3 Å². The van der Waals surface area contributed by atoms with E-state index < -0.39 is 27.9 Å². The number of piperidine rings is 1. The molecule has 10 heteroatoms. The second kappa shape index (κ2) is 11.4. The molecule has 0 radical (unpaired) electrons. The number of aryl methyl sites for hydroxylation is 1. The van der Waals surface area contributed by atoms with Crippen LogP contribution in [-0.2, 0) is 33.9 Å². The van der Waals surface area contributed by atoms with Crippen LogP contribution < -0.4 is 0 Å². The van der Waals surface area contributed by atoms with Crippen molar-refractivity contribution in [1.29, 1.82) is 0 Å². The number of benzene rings is 1. The molecule has 2 aliphatic heterocycles. The lowest BCUT2D eigenvalue weighted by Crippen LogP contribution is -2.58. The molecule has 1 aromatic rings. The Hall–Kier alpha value is -2.01. The summed E-state index contributed by atoms with van der Waals surface area (Å²) < 4.78 is 38.2. The molecule has 0 aromatic heterocycles. The van der Waals surface area contributed by atoms with Crippen LogP contribution in [0.25, 0.3) is 0 Å². The molecule has 0 spiro atoms. The van der Waals surface area contributed by atoms with Gasteiger partial charge in [-0.2, -0.15) is 9.37 Å². The quantitative estimate of drug-likeness (QED) is 0.347. The van der Waals surface area contributed by atoms with Gasteiger partial charge in [0.2, 0.25) is 10.0 Å². The Morgan fingerprint density at radius 2 is 1.46 bits per heavy atom. The smallest absolute Gasteiger partial charge is 0.320 e. The summed E-state index contributed by atoms with van der Waals surface area (Å²) in [5.41, 5.74) is 0.615. The van der Waals surface area contributed by atoms with Gasteiger partial charge in [-0.05, 0) is 78.4 Å². The minimum Gasteiger partial charge on any atom is -0.468 e. The molecule has 2 atom stereocenters. The van der Waals surface area contributed by atoms with Gasteiger partial charge in [-0.25, -0.2) is 8.42 Å². The second-order valence-electron chi connectivity index (χ2n) is 11.6. The predicted molar refractivity (Wildman–Crippen MR) is 139 cm³/mol. The van der Waals surface area contributed by atoms with Crippen molar-refractivity contribution in [2.24, 2.45) is 17.8 Å². The number of ether oxygens (including phenoxy) is 2. The summed E-state index contributed by atoms with van der Waals surface area (Å²) in [5.74, 6) is -3.05. The fraction of sp³-hybridized carbons (Fsp3) is 0.704. The largest absolute Gasteiger partial charge is 0.468 e. The highest BCUT2D eigenvalue weighted by atomic mass is 32.2. The first kappa shape index (κ1) is 29.5. The summed E-state index contributed by atoms with van der Waals surface area (Å²) in [6.45, 7) is 11.2. The van der Waals surface area contributed by atoms with Crippen molar-refractivity contribution in [2.75, 3.05) is 33.9 Å². The molecule has 9 nitrogen and oxygen atoms in total. The van der Waals surface area contributed by atoms with Gasteiger partial charge in [0.25, 0.3) is 0 Å². The summed E-state index contributed by atoms with van der Waals surface area (Å²) in [4.78, 5) is 31.5. The number of carbonyl (C=O) groups excluding carboxylic acids is 2. The highest BCUT2D eigenvalue weighted by Gasteiger charge is 2.46. The molecular formula is C27H42N2O7S. The first-order valence-corrected chi connectivity index (χ1v) is 14.3. The molecule has 0 aliphatic carbocycles. The van der Waals surface area contributed by atoms with Crippen LogP contribution in [0.3, 0.4) is 0 Å². The van der Waals surface area contributed by atoms with Gasteiger partial charge in [-0.1, -0.05) is 17.7 Å². The van der Waals surface area contributed by atoms with E-state index >= 15 is 0 Å². The molecule has 2 fully saturated rings. The average Bonchev–Trinajstić information content (AvgIpc) is 3.24. The third kappa shape index (κ3) is 6.53. The zero-order valence-corrected chi connectivity index (χ0v) is 24.0. The first-order chi connectivity index (χ1) is 17.2. The monoisotopic (exact) mass is 538 g/mol. The Labute approximate surface area is 221 Å². The van der Waals surface area contributed by atoms with E-state index in [1.807, 2.05) is 6.92 Å². The van der Waals surface area contributed by atoms with Crippen molar-refractivity contribution in [3.63, 3.8) is 0 Å². The average molecular weight is 539 g/mol. The van der Waals surface area contributed by atoms with E-state index in [0.717, 1.165) is 24.8 Å². The SMILES string of the molecule is COC(=O)C(CC1CN(S(=O)(=O)c2ccc(C)cc2)CC1CON1C(C)(C)CCCC1(C)C)C(=O)OC. The van der Waals surface area contributed by atoms with Crippen LogP contribution in [0.4, 0.5) is 0 Å². The molecule has 0 N–H and O–H groups in total. The maximum absolute atomic E-state index is 13.5. The number of carbonyl (C=O) groups is 2. The Kier molecular flexibility index (Phi) is 9.09. The van der Waals surface area contributed by atoms with Crippen LogP contribution in [0.1, 0.15) is 58.9 Å². The summed E-state index contributed by atoms with van der Waals surface area (Å²) in [5, 5.41) is 2.05. The van der Waals surface area contributed by atoms with Crippen LogP contribution in [0.2, 0.25) is 0 Å². The van der Waals surface area contributed by atoms with Crippen molar-refractivity contribution >= 4 is 22.0 Å². The van der Waals surface area contributed by atoms with E-state index in [0.29, 0.717) is 0 Å². The van der Waals surface area contributed by atoms with E-state index in [9.17, 15) is 18.0 Å². The van der Waals surface area contributed by atoms with Gasteiger partial charge in [0.15, 0.2) is 5.92 Å². The fourth-order valence-corrected chi connectivity index (χ4v) is 7.33. The summed E-state index contributed by atoms with van der Waals surface area (Å²) in [6.07, 6.45) is 3.20. The number of hydroxylamine groups is 2. The molecule has 208 valence electrons. The number of rotatable bonds is 9. The lowest BCUT2D eigenvalue weighted by Gasteiger charge is -2.51. The summed E-state index contributed by atoms with van der Waals surface area (Å²) >= 11 is 0. The van der Waals surface area contributed by atoms with Crippen LogP contribution in [0, 0.1) is 24.7 Å². The number of hydrogen-bond acceptors (Lipinski definition) is 8. The van der Waals surface area contributed by atoms with Crippen molar-refractivity contribution < 1.29 is 32.3 Å². The molecule has 37 heavy (non-hydrogen) atoms. The lowest BCUT2D eigenvalue weighted by atomic mass is 9.82. The van der Waals surface area contributed by atoms with Crippen LogP contribution in [-0.4, -0.2) is 74.7 Å². The maximum atomic E-state index is 13.5. The summed E-state index contributed by atoms with van der Waals surface area (Å²) in [6, 6.07) is 6.75. The fourth-order valence-electron chi connectivity index (χ4n) is 5.78. The number of sulfonamides is 1. The van der Waals surface area contributed by atoms with Crippen molar-refractivity contribution in [2.45, 2.75) is 76.3 Å². The Morgan fingerprint density at radius 1 is 0.946 bits per heavy atom. The van der Waals surface area contributed by atoms with Crippen molar-refractivity contribution in [3.8, 4) is 0 Å². The first-order valence-electron chi connectivity index (χ1n) is 12.9. The molecule has 0 bridgehead atoms. The summed E-state index contributed by atoms with van der Waals surface area (Å²) in [7, 11) is -1.32. The molecule has 0 saturated carbocycles. The van der Waals surface area contributed by atoms with E-state index in [4.69, 9.17) is 14.3 Å². The third-order valence-electron chi connectivity index (χ3n) is 7.81. The van der Waals surface area contributed by atoms with Crippen molar-refractivity contribution in [1.82, 2.24) is 9.37 Å². The second-order valence-corrected chi connectivity index (χ2v) is 13.5. The molecule has 0 amide bonds. The van der Waals surface area contributed by atoms with Gasteiger partial charge in [0.05, 0.1) is 25.7 Å². The standard InChI is InChI=1S/C27H42N2O7S/c1-19-9-11-22(12-10-19)37(32,33)28-16-20(15-23(24(30)34-6)25(31)35-7)21(17-28)18-36-29-26(2,3)13-8-14-27(29,4)5/h9-12,20-21,23H,8,13-18H2,1-7H3. The molecule has 3 rings (SSSR count). The van der Waals surface area contributed by atoms with Gasteiger partial charge in [-0.3, -0.25) is 14.4 Å². The van der Waals surface area contributed by atoms with Gasteiger partial charge in [0.1, 0.15) is 0 Å². The van der Waals surface area contributed by atoms with Crippen LogP contribution >= 0.6 is 0 Å². The van der Waals surface area contributed by atoms with Crippen LogP contribution in [0.15, 0.2) is 29.2 Å². The number of methoxy groups -OCH3 is 2. The lowest BCUT2D eigenvalue weighted by molar-refractivity contribution is -0.286. The molecule has 2 heterocycles. The van der Waals surface area contributed by atoms with Crippen LogP contribution in [0.5, 0.6) is 0 Å². The van der Waals surface area contributed by atoms with E-state index in [1.165, 1.54) is 18.5 Å². The van der Waals surface area contributed by atoms with Crippen molar-refractivity contribution in [3.05, 3.63) is 29.8 Å². The number of hydrogen-bond donors (Lipinski definition) is 0. The van der Waals surface area contributed by atoms with E-state index in [-0.39, 0.29) is 53.9 Å². The van der Waals surface area contributed by atoms with Gasteiger partial charge in [-0.15, -0.1) is 0 Å². The third-order valence-corrected chi connectivity index (χ3v) is 9.65. The Bertz CT molecular complexity index is 1040.